The van der Waals surface area contributed by atoms with Gasteiger partial charge < -0.3 is 10.8 Å². The molecule has 1 unspecified atom stereocenters. The Morgan fingerprint density at radius 2 is 1.17 bits per heavy atom. The van der Waals surface area contributed by atoms with Crippen molar-refractivity contribution in [1.82, 2.24) is 0 Å². The number of aliphatic hydroxyl groups excluding tert-OH is 1. The predicted octanol–water partition coefficient (Wildman–Crippen LogP) is 3.73. The molecule has 0 radical (unpaired) electrons. The van der Waals surface area contributed by atoms with Crippen LogP contribution in [0.3, 0.4) is 0 Å². The molecular formula is C14H13Cl2NO. The van der Waals surface area contributed by atoms with Gasteiger partial charge in [-0.2, -0.15) is 0 Å². The van der Waals surface area contributed by atoms with Crippen LogP contribution >= 0.6 is 23.2 Å². The van der Waals surface area contributed by atoms with E-state index in [0.717, 1.165) is 11.1 Å². The summed E-state index contributed by atoms with van der Waals surface area (Å²) in [7, 11) is 0. The summed E-state index contributed by atoms with van der Waals surface area (Å²) in [6, 6.07) is 13.6. The van der Waals surface area contributed by atoms with E-state index >= 15 is 0 Å². The van der Waals surface area contributed by atoms with E-state index in [1.165, 1.54) is 0 Å². The van der Waals surface area contributed by atoms with Gasteiger partial charge in [0.2, 0.25) is 0 Å². The Kier molecular flexibility index (Phi) is 4.25. The summed E-state index contributed by atoms with van der Waals surface area (Å²) < 4.78 is 0. The maximum atomic E-state index is 10.2. The molecule has 0 fully saturated rings. The van der Waals surface area contributed by atoms with Gasteiger partial charge in [-0.05, 0) is 35.4 Å². The third-order valence-corrected chi connectivity index (χ3v) is 3.31. The molecule has 2 rings (SSSR count). The van der Waals surface area contributed by atoms with E-state index in [1.54, 1.807) is 36.4 Å². The third-order valence-electron chi connectivity index (χ3n) is 2.81. The highest BCUT2D eigenvalue weighted by Gasteiger charge is 2.18. The first kappa shape index (κ1) is 13.4. The number of benzene rings is 2. The minimum Gasteiger partial charge on any atom is -0.386 e. The Balaban J connectivity index is 2.20. The highest BCUT2D eigenvalue weighted by atomic mass is 35.5. The second kappa shape index (κ2) is 5.72. The highest BCUT2D eigenvalue weighted by molar-refractivity contribution is 6.30. The number of rotatable bonds is 3. The van der Waals surface area contributed by atoms with E-state index in [0.29, 0.717) is 10.0 Å². The number of nitrogens with two attached hydrogens (primary N) is 1. The second-order valence-corrected chi connectivity index (χ2v) is 4.95. The Morgan fingerprint density at radius 3 is 1.61 bits per heavy atom. The fourth-order valence-corrected chi connectivity index (χ4v) is 1.99. The van der Waals surface area contributed by atoms with Gasteiger partial charge in [-0.25, -0.2) is 0 Å². The van der Waals surface area contributed by atoms with Crippen LogP contribution in [0.4, 0.5) is 0 Å². The molecule has 0 amide bonds. The molecule has 3 N–H and O–H groups in total. The summed E-state index contributed by atoms with van der Waals surface area (Å²) >= 11 is 11.6. The Bertz CT molecular complexity index is 461. The van der Waals surface area contributed by atoms with E-state index in [9.17, 15) is 5.11 Å². The SMILES string of the molecule is NC(c1ccc(Cl)cc1)[C@@H](O)c1ccc(Cl)cc1. The van der Waals surface area contributed by atoms with E-state index in [1.807, 2.05) is 12.1 Å². The summed E-state index contributed by atoms with van der Waals surface area (Å²) in [5, 5.41) is 11.5. The zero-order chi connectivity index (χ0) is 13.1. The summed E-state index contributed by atoms with van der Waals surface area (Å²) in [4.78, 5) is 0. The van der Waals surface area contributed by atoms with Gasteiger partial charge in [0.15, 0.2) is 0 Å². The van der Waals surface area contributed by atoms with Gasteiger partial charge in [0.05, 0.1) is 12.1 Å². The first-order valence-electron chi connectivity index (χ1n) is 5.52. The lowest BCUT2D eigenvalue weighted by Crippen LogP contribution is -2.19. The third kappa shape index (κ3) is 3.03. The van der Waals surface area contributed by atoms with Crippen LogP contribution in [0.1, 0.15) is 23.3 Å². The zero-order valence-electron chi connectivity index (χ0n) is 9.55. The van der Waals surface area contributed by atoms with Crippen molar-refractivity contribution in [2.75, 3.05) is 0 Å². The molecule has 2 aromatic rings. The maximum Gasteiger partial charge on any atom is 0.0982 e. The van der Waals surface area contributed by atoms with Crippen LogP contribution in [-0.2, 0) is 0 Å². The lowest BCUT2D eigenvalue weighted by Gasteiger charge is -2.19. The van der Waals surface area contributed by atoms with Crippen LogP contribution in [0.15, 0.2) is 48.5 Å². The van der Waals surface area contributed by atoms with Crippen molar-refractivity contribution in [2.45, 2.75) is 12.1 Å². The van der Waals surface area contributed by atoms with Crippen LogP contribution in [0, 0.1) is 0 Å². The van der Waals surface area contributed by atoms with Gasteiger partial charge in [-0.15, -0.1) is 0 Å². The smallest absolute Gasteiger partial charge is 0.0982 e. The van der Waals surface area contributed by atoms with Crippen molar-refractivity contribution in [1.29, 1.82) is 0 Å². The number of halogens is 2. The molecule has 0 spiro atoms. The van der Waals surface area contributed by atoms with Gasteiger partial charge in [0.25, 0.3) is 0 Å². The van der Waals surface area contributed by atoms with Crippen molar-refractivity contribution >= 4 is 23.2 Å². The molecule has 0 saturated heterocycles. The molecule has 0 bridgehead atoms. The fraction of sp³-hybridized carbons (Fsp3) is 0.143. The summed E-state index contributed by atoms with van der Waals surface area (Å²) in [5.41, 5.74) is 7.61. The van der Waals surface area contributed by atoms with Crippen molar-refractivity contribution in [2.24, 2.45) is 5.73 Å². The van der Waals surface area contributed by atoms with Crippen molar-refractivity contribution in [3.05, 3.63) is 69.7 Å². The van der Waals surface area contributed by atoms with Gasteiger partial charge in [-0.3, -0.25) is 0 Å². The minimum absolute atomic E-state index is 0.497. The maximum absolute atomic E-state index is 10.2. The summed E-state index contributed by atoms with van der Waals surface area (Å²) in [6.45, 7) is 0. The standard InChI is InChI=1S/C14H13Cl2NO/c15-11-5-1-9(2-6-11)13(17)14(18)10-3-7-12(16)8-4-10/h1-8,13-14,18H,17H2/t13?,14-/m0/s1. The molecule has 2 nitrogen and oxygen atoms in total. The first-order chi connectivity index (χ1) is 8.58. The largest absolute Gasteiger partial charge is 0.386 e. The zero-order valence-corrected chi connectivity index (χ0v) is 11.1. The average Bonchev–Trinajstić information content (AvgIpc) is 2.39. The molecule has 18 heavy (non-hydrogen) atoms. The second-order valence-electron chi connectivity index (χ2n) is 4.07. The van der Waals surface area contributed by atoms with Crippen LogP contribution in [0.2, 0.25) is 10.0 Å². The van der Waals surface area contributed by atoms with E-state index in [2.05, 4.69) is 0 Å². The topological polar surface area (TPSA) is 46.2 Å². The normalized spacial score (nSPS) is 14.2. The Labute approximate surface area is 116 Å². The van der Waals surface area contributed by atoms with Crippen molar-refractivity contribution in [3.8, 4) is 0 Å². The molecule has 0 aromatic heterocycles. The molecule has 94 valence electrons. The minimum atomic E-state index is -0.775. The Hall–Kier alpha value is -1.06. The average molecular weight is 282 g/mol. The lowest BCUT2D eigenvalue weighted by atomic mass is 9.97. The fourth-order valence-electron chi connectivity index (χ4n) is 1.73. The van der Waals surface area contributed by atoms with Gasteiger partial charge in [0, 0.05) is 10.0 Å². The van der Waals surface area contributed by atoms with E-state index in [4.69, 9.17) is 28.9 Å². The van der Waals surface area contributed by atoms with Crippen LogP contribution in [-0.4, -0.2) is 5.11 Å². The lowest BCUT2D eigenvalue weighted by molar-refractivity contribution is 0.147. The van der Waals surface area contributed by atoms with Crippen LogP contribution in [0.5, 0.6) is 0 Å². The van der Waals surface area contributed by atoms with Crippen LogP contribution in [0.25, 0.3) is 0 Å². The monoisotopic (exact) mass is 281 g/mol. The summed E-state index contributed by atoms with van der Waals surface area (Å²) in [5.74, 6) is 0. The first-order valence-corrected chi connectivity index (χ1v) is 6.28. The van der Waals surface area contributed by atoms with Crippen molar-refractivity contribution < 1.29 is 5.11 Å². The molecule has 2 atom stereocenters. The molecular weight excluding hydrogens is 269 g/mol. The van der Waals surface area contributed by atoms with E-state index in [-0.39, 0.29) is 0 Å². The molecule has 2 aromatic carbocycles. The predicted molar refractivity (Wildman–Crippen MR) is 74.8 cm³/mol. The molecule has 4 heteroatoms. The highest BCUT2D eigenvalue weighted by Crippen LogP contribution is 2.28. The van der Waals surface area contributed by atoms with E-state index < -0.39 is 12.1 Å². The molecule has 0 aliphatic carbocycles. The molecule has 0 aliphatic heterocycles. The molecule has 0 heterocycles. The molecule has 0 aliphatic rings. The molecule has 0 saturated carbocycles. The quantitative estimate of drug-likeness (QED) is 0.901. The van der Waals surface area contributed by atoms with Gasteiger partial charge >= 0.3 is 0 Å². The number of hydrogen-bond donors (Lipinski definition) is 2. The van der Waals surface area contributed by atoms with Gasteiger partial charge in [-0.1, -0.05) is 47.5 Å². The van der Waals surface area contributed by atoms with Gasteiger partial charge in [0.1, 0.15) is 0 Å². The summed E-state index contributed by atoms with van der Waals surface area (Å²) in [6.07, 6.45) is -0.775. The van der Waals surface area contributed by atoms with Crippen molar-refractivity contribution in [3.63, 3.8) is 0 Å². The number of aliphatic hydroxyl groups is 1. The number of hydrogen-bond acceptors (Lipinski definition) is 2. The Morgan fingerprint density at radius 1 is 0.778 bits per heavy atom. The van der Waals surface area contributed by atoms with Crippen LogP contribution < -0.4 is 5.73 Å².